The van der Waals surface area contributed by atoms with Crippen LogP contribution in [0.3, 0.4) is 0 Å². The summed E-state index contributed by atoms with van der Waals surface area (Å²) in [5.41, 5.74) is -2.85. The topological polar surface area (TPSA) is 43.4 Å². The van der Waals surface area contributed by atoms with Gasteiger partial charge in [0.1, 0.15) is 0 Å². The van der Waals surface area contributed by atoms with Crippen molar-refractivity contribution in [3.8, 4) is 0 Å². The van der Waals surface area contributed by atoms with Gasteiger partial charge in [0.2, 0.25) is 8.32 Å². The van der Waals surface area contributed by atoms with Crippen molar-refractivity contribution in [1.82, 2.24) is 0 Å². The van der Waals surface area contributed by atoms with E-state index in [2.05, 4.69) is 0 Å². The highest BCUT2D eigenvalue weighted by Gasteiger charge is 2.67. The van der Waals surface area contributed by atoms with Crippen LogP contribution in [0.2, 0.25) is 18.1 Å². The minimum absolute atomic E-state index is 0.102. The van der Waals surface area contributed by atoms with Gasteiger partial charge in [-0.25, -0.2) is 13.2 Å². The second-order valence-corrected chi connectivity index (χ2v) is 15.7. The van der Waals surface area contributed by atoms with Crippen LogP contribution in [0.25, 0.3) is 0 Å². The second kappa shape index (κ2) is 6.27. The van der Waals surface area contributed by atoms with Crippen LogP contribution < -0.4 is 0 Å². The molecule has 0 spiro atoms. The normalized spacial score (nSPS) is 32.2. The molecule has 0 bridgehead atoms. The van der Waals surface area contributed by atoms with Crippen molar-refractivity contribution >= 4 is 18.4 Å². The first-order chi connectivity index (χ1) is 10.4. The SMILES string of the molecule is CC(C)C1CCC(C)(F)C(F)(F)C1S(=O)(=O)O[Si](C)(C)C(C)(C)C. The van der Waals surface area contributed by atoms with Crippen LogP contribution in [0.4, 0.5) is 13.2 Å². The van der Waals surface area contributed by atoms with Crippen LogP contribution in [-0.2, 0) is 14.0 Å². The Balaban J connectivity index is 3.39. The van der Waals surface area contributed by atoms with Gasteiger partial charge in [-0.2, -0.15) is 8.42 Å². The maximum Gasteiger partial charge on any atom is 0.300 e. The highest BCUT2D eigenvalue weighted by atomic mass is 32.2. The van der Waals surface area contributed by atoms with E-state index in [4.69, 9.17) is 3.87 Å². The predicted molar refractivity (Wildman–Crippen MR) is 93.0 cm³/mol. The van der Waals surface area contributed by atoms with Crippen molar-refractivity contribution in [2.24, 2.45) is 11.8 Å². The Kier molecular flexibility index (Phi) is 5.73. The van der Waals surface area contributed by atoms with Crippen LogP contribution >= 0.6 is 0 Å². The Morgan fingerprint density at radius 2 is 1.62 bits per heavy atom. The molecule has 3 atom stereocenters. The lowest BCUT2D eigenvalue weighted by Gasteiger charge is -2.46. The molecular weight excluding hydrogens is 357 g/mol. The van der Waals surface area contributed by atoms with Gasteiger partial charge in [-0.05, 0) is 49.7 Å². The quantitative estimate of drug-likeness (QED) is 0.627. The van der Waals surface area contributed by atoms with Crippen molar-refractivity contribution in [1.29, 1.82) is 0 Å². The first kappa shape index (κ1) is 22.0. The monoisotopic (exact) mass is 388 g/mol. The summed E-state index contributed by atoms with van der Waals surface area (Å²) < 4.78 is 75.2. The first-order valence-electron chi connectivity index (χ1n) is 8.38. The minimum Gasteiger partial charge on any atom is -0.314 e. The zero-order valence-corrected chi connectivity index (χ0v) is 17.7. The number of rotatable bonds is 4. The molecule has 144 valence electrons. The average Bonchev–Trinajstić information content (AvgIpc) is 2.28. The van der Waals surface area contributed by atoms with Crippen LogP contribution in [0.15, 0.2) is 0 Å². The largest absolute Gasteiger partial charge is 0.314 e. The molecule has 0 radical (unpaired) electrons. The smallest absolute Gasteiger partial charge is 0.300 e. The summed E-state index contributed by atoms with van der Waals surface area (Å²) in [6.07, 6.45) is -0.250. The van der Waals surface area contributed by atoms with Gasteiger partial charge in [-0.3, -0.25) is 0 Å². The molecule has 1 rings (SSSR count). The molecule has 0 amide bonds. The molecule has 3 unspecified atom stereocenters. The van der Waals surface area contributed by atoms with E-state index in [1.54, 1.807) is 26.9 Å². The molecule has 0 aromatic heterocycles. The molecule has 3 nitrogen and oxygen atoms in total. The van der Waals surface area contributed by atoms with Gasteiger partial charge in [0.15, 0.2) is 10.9 Å². The fourth-order valence-electron chi connectivity index (χ4n) is 2.87. The summed E-state index contributed by atoms with van der Waals surface area (Å²) in [6, 6.07) is 0. The maximum atomic E-state index is 14.8. The Hall–Kier alpha value is -0.0831. The van der Waals surface area contributed by atoms with E-state index in [9.17, 15) is 21.6 Å². The predicted octanol–water partition coefficient (Wildman–Crippen LogP) is 5.14. The van der Waals surface area contributed by atoms with E-state index in [-0.39, 0.29) is 18.8 Å². The molecular formula is C16H31F3O3SSi. The van der Waals surface area contributed by atoms with E-state index in [1.807, 2.05) is 20.8 Å². The molecule has 1 fully saturated rings. The molecule has 0 heterocycles. The molecule has 24 heavy (non-hydrogen) atoms. The fourth-order valence-corrected chi connectivity index (χ4v) is 8.09. The molecule has 1 aliphatic carbocycles. The highest BCUT2D eigenvalue weighted by Crippen LogP contribution is 2.52. The van der Waals surface area contributed by atoms with Gasteiger partial charge in [0.05, 0.1) is 0 Å². The fraction of sp³-hybridized carbons (Fsp3) is 1.00. The summed E-state index contributed by atoms with van der Waals surface area (Å²) in [7, 11) is -7.47. The van der Waals surface area contributed by atoms with Crippen LogP contribution in [0.1, 0.15) is 54.4 Å². The zero-order chi connectivity index (χ0) is 19.4. The summed E-state index contributed by atoms with van der Waals surface area (Å²) in [5, 5.41) is -2.61. The van der Waals surface area contributed by atoms with E-state index in [0.29, 0.717) is 0 Å². The van der Waals surface area contributed by atoms with Crippen molar-refractivity contribution in [3.05, 3.63) is 0 Å². The molecule has 8 heteroatoms. The lowest BCUT2D eigenvalue weighted by Crippen LogP contribution is -2.62. The molecule has 0 saturated heterocycles. The first-order valence-corrected chi connectivity index (χ1v) is 12.8. The summed E-state index contributed by atoms with van der Waals surface area (Å²) in [5.74, 6) is -5.13. The van der Waals surface area contributed by atoms with Gasteiger partial charge in [-0.1, -0.05) is 34.6 Å². The molecule has 0 N–H and O–H groups in total. The van der Waals surface area contributed by atoms with Crippen molar-refractivity contribution in [2.45, 2.75) is 89.4 Å². The summed E-state index contributed by atoms with van der Waals surface area (Å²) in [6.45, 7) is 13.0. The zero-order valence-electron chi connectivity index (χ0n) is 15.9. The van der Waals surface area contributed by atoms with Gasteiger partial charge >= 0.3 is 0 Å². The third-order valence-electron chi connectivity index (χ3n) is 5.69. The molecule has 0 aromatic carbocycles. The molecule has 1 aliphatic rings. The van der Waals surface area contributed by atoms with E-state index in [0.717, 1.165) is 6.92 Å². The number of alkyl halides is 3. The Morgan fingerprint density at radius 3 is 2.00 bits per heavy atom. The van der Waals surface area contributed by atoms with Crippen LogP contribution in [0.5, 0.6) is 0 Å². The number of halogens is 3. The second-order valence-electron chi connectivity index (χ2n) is 9.02. The minimum atomic E-state index is -4.63. The van der Waals surface area contributed by atoms with Crippen LogP contribution in [-0.4, -0.2) is 33.6 Å². The molecule has 0 aliphatic heterocycles. The van der Waals surface area contributed by atoms with Gasteiger partial charge in [0, 0.05) is 0 Å². The lowest BCUT2D eigenvalue weighted by molar-refractivity contribution is -0.166. The lowest BCUT2D eigenvalue weighted by atomic mass is 9.73. The van der Waals surface area contributed by atoms with Gasteiger partial charge in [0.25, 0.3) is 16.0 Å². The number of hydrogen-bond donors (Lipinski definition) is 0. The number of hydrogen-bond acceptors (Lipinski definition) is 3. The molecule has 1 saturated carbocycles. The average molecular weight is 389 g/mol. The third-order valence-corrected chi connectivity index (χ3v) is 13.2. The van der Waals surface area contributed by atoms with Gasteiger partial charge < -0.3 is 3.87 Å². The summed E-state index contributed by atoms with van der Waals surface area (Å²) >= 11 is 0. The summed E-state index contributed by atoms with van der Waals surface area (Å²) in [4.78, 5) is 0. The van der Waals surface area contributed by atoms with E-state index >= 15 is 0 Å². The van der Waals surface area contributed by atoms with Crippen molar-refractivity contribution < 1.29 is 25.5 Å². The Morgan fingerprint density at radius 1 is 1.17 bits per heavy atom. The van der Waals surface area contributed by atoms with E-state index < -0.39 is 46.2 Å². The van der Waals surface area contributed by atoms with Crippen molar-refractivity contribution in [2.75, 3.05) is 0 Å². The van der Waals surface area contributed by atoms with E-state index in [1.165, 1.54) is 0 Å². The maximum absolute atomic E-state index is 14.8. The third kappa shape index (κ3) is 3.85. The highest BCUT2D eigenvalue weighted by molar-refractivity contribution is 7.88. The standard InChI is InChI=1S/C16H31F3O3SSi/c1-11(2)12-9-10-15(6,17)16(18,19)13(12)23(20,21)22-24(7,8)14(3,4)5/h11-13H,9-10H2,1-8H3. The molecule has 0 aromatic rings. The van der Waals surface area contributed by atoms with Crippen LogP contribution in [0, 0.1) is 11.8 Å². The Labute approximate surface area is 145 Å². The van der Waals surface area contributed by atoms with Gasteiger partial charge in [-0.15, -0.1) is 0 Å². The van der Waals surface area contributed by atoms with Crippen molar-refractivity contribution in [3.63, 3.8) is 0 Å². The Bertz CT molecular complexity index is 566.